The van der Waals surface area contributed by atoms with E-state index in [1.165, 1.54) is 9.88 Å². The maximum Gasteiger partial charge on any atom is 0.247 e. The van der Waals surface area contributed by atoms with Crippen molar-refractivity contribution in [2.24, 2.45) is 5.92 Å². The number of allylic oxidation sites excluding steroid dienone is 2. The molecule has 37 heavy (non-hydrogen) atoms. The molecule has 1 aromatic heterocycles. The summed E-state index contributed by atoms with van der Waals surface area (Å²) in [5.41, 5.74) is 2.99. The average Bonchev–Trinajstić information content (AvgIpc) is 2.91. The van der Waals surface area contributed by atoms with Gasteiger partial charge >= 0.3 is 0 Å². The van der Waals surface area contributed by atoms with Crippen LogP contribution in [0.1, 0.15) is 50.7 Å². The van der Waals surface area contributed by atoms with E-state index in [1.54, 1.807) is 43.4 Å². The minimum Gasteiger partial charge on any atom is -0.487 e. The molecule has 0 spiro atoms. The highest BCUT2D eigenvalue weighted by molar-refractivity contribution is 7.89. The predicted molar refractivity (Wildman–Crippen MR) is 142 cm³/mol. The number of aromatic nitrogens is 1. The lowest BCUT2D eigenvalue weighted by atomic mass is 9.93. The number of fused-ring (bicyclic) bond motifs is 1. The van der Waals surface area contributed by atoms with E-state index in [0.29, 0.717) is 12.3 Å². The molecule has 1 aliphatic heterocycles. The topological polar surface area (TPSA) is 100 Å². The Morgan fingerprint density at radius 2 is 2.11 bits per heavy atom. The van der Waals surface area contributed by atoms with Crippen LogP contribution in [-0.4, -0.2) is 72.5 Å². The van der Waals surface area contributed by atoms with Crippen molar-refractivity contribution in [2.75, 3.05) is 26.7 Å². The summed E-state index contributed by atoms with van der Waals surface area (Å²) in [5.74, 6) is -0.00714. The molecular weight excluding hydrogens is 490 g/mol. The molecule has 9 heteroatoms. The highest BCUT2D eigenvalue weighted by atomic mass is 32.2. The van der Waals surface area contributed by atoms with Crippen LogP contribution in [0.3, 0.4) is 0 Å². The van der Waals surface area contributed by atoms with Crippen molar-refractivity contribution in [3.63, 3.8) is 0 Å². The van der Waals surface area contributed by atoms with Gasteiger partial charge in [0.05, 0.1) is 19.6 Å². The van der Waals surface area contributed by atoms with E-state index in [1.807, 2.05) is 25.1 Å². The van der Waals surface area contributed by atoms with Crippen LogP contribution in [0.2, 0.25) is 0 Å². The van der Waals surface area contributed by atoms with Gasteiger partial charge < -0.3 is 14.7 Å². The highest BCUT2D eigenvalue weighted by Crippen LogP contribution is 2.37. The summed E-state index contributed by atoms with van der Waals surface area (Å²) in [7, 11) is -2.16. The zero-order valence-corrected chi connectivity index (χ0v) is 22.7. The lowest BCUT2D eigenvalue weighted by Gasteiger charge is -2.37. The number of pyridine rings is 1. The molecule has 0 saturated carbocycles. The van der Waals surface area contributed by atoms with Crippen LogP contribution < -0.4 is 4.74 Å². The van der Waals surface area contributed by atoms with E-state index in [4.69, 9.17) is 4.74 Å². The second-order valence-electron chi connectivity index (χ2n) is 10.2. The number of likely N-dealkylation sites (N-methyl/N-ethyl adjacent to an activating group) is 1. The maximum absolute atomic E-state index is 13.7. The summed E-state index contributed by atoms with van der Waals surface area (Å²) in [6, 6.07) is 8.37. The van der Waals surface area contributed by atoms with Gasteiger partial charge in [-0.3, -0.25) is 9.78 Å². The largest absolute Gasteiger partial charge is 0.487 e. The quantitative estimate of drug-likeness (QED) is 0.592. The third kappa shape index (κ3) is 6.22. The summed E-state index contributed by atoms with van der Waals surface area (Å²) >= 11 is 0. The molecule has 1 amide bonds. The van der Waals surface area contributed by atoms with Crippen molar-refractivity contribution < 1.29 is 23.1 Å². The third-order valence-corrected chi connectivity index (χ3v) is 9.31. The van der Waals surface area contributed by atoms with Gasteiger partial charge in [-0.1, -0.05) is 25.1 Å². The van der Waals surface area contributed by atoms with Gasteiger partial charge in [-0.15, -0.1) is 0 Å². The first-order valence-electron chi connectivity index (χ1n) is 13.0. The summed E-state index contributed by atoms with van der Waals surface area (Å²) in [4.78, 5) is 18.8. The lowest BCUT2D eigenvalue weighted by Crippen LogP contribution is -2.50. The number of hydrogen-bond acceptors (Lipinski definition) is 6. The molecule has 2 aromatic rings. The SMILES string of the molecule is C[C@H]1CN([C@@H](C)CO)S(=O)(=O)c2ccc(C3=CCCCC3)cc2O[C@@H]1CN(C)C(=O)Cc1cccnc1. The Morgan fingerprint density at radius 3 is 2.78 bits per heavy atom. The Balaban J connectivity index is 1.67. The van der Waals surface area contributed by atoms with Crippen LogP contribution in [0.4, 0.5) is 0 Å². The molecule has 4 rings (SSSR count). The molecule has 1 aromatic carbocycles. The molecule has 2 aliphatic rings. The second-order valence-corrected chi connectivity index (χ2v) is 12.0. The van der Waals surface area contributed by atoms with Crippen LogP contribution >= 0.6 is 0 Å². The monoisotopic (exact) mass is 527 g/mol. The molecule has 0 unspecified atom stereocenters. The number of aliphatic hydroxyl groups is 1. The Bertz CT molecular complexity index is 1230. The van der Waals surface area contributed by atoms with E-state index < -0.39 is 22.2 Å². The van der Waals surface area contributed by atoms with Crippen LogP contribution in [-0.2, 0) is 21.2 Å². The molecule has 0 saturated heterocycles. The van der Waals surface area contributed by atoms with Crippen LogP contribution in [0.15, 0.2) is 53.7 Å². The van der Waals surface area contributed by atoms with Crippen LogP contribution in [0, 0.1) is 5.92 Å². The fraction of sp³-hybridized carbons (Fsp3) is 0.500. The molecule has 0 radical (unpaired) electrons. The fourth-order valence-corrected chi connectivity index (χ4v) is 6.75. The van der Waals surface area contributed by atoms with E-state index >= 15 is 0 Å². The maximum atomic E-state index is 13.7. The summed E-state index contributed by atoms with van der Waals surface area (Å²) in [6.07, 6.45) is 9.57. The predicted octanol–water partition coefficient (Wildman–Crippen LogP) is 3.51. The zero-order chi connectivity index (χ0) is 26.6. The second kappa shape index (κ2) is 11.8. The summed E-state index contributed by atoms with van der Waals surface area (Å²) in [5, 5.41) is 9.85. The summed E-state index contributed by atoms with van der Waals surface area (Å²) < 4.78 is 35.2. The highest BCUT2D eigenvalue weighted by Gasteiger charge is 2.38. The van der Waals surface area contributed by atoms with Crippen molar-refractivity contribution in [1.29, 1.82) is 0 Å². The fourth-order valence-electron chi connectivity index (χ4n) is 4.93. The van der Waals surface area contributed by atoms with Gasteiger partial charge in [-0.05, 0) is 67.5 Å². The number of benzene rings is 1. The molecule has 0 fully saturated rings. The van der Waals surface area contributed by atoms with Crippen molar-refractivity contribution >= 4 is 21.5 Å². The van der Waals surface area contributed by atoms with Crippen molar-refractivity contribution in [1.82, 2.24) is 14.2 Å². The minimum atomic E-state index is -3.90. The zero-order valence-electron chi connectivity index (χ0n) is 21.8. The van der Waals surface area contributed by atoms with Gasteiger partial charge in [-0.25, -0.2) is 8.42 Å². The standard InChI is InChI=1S/C28H37N3O5S/c1-20-17-31(21(2)19-32)37(34,35)27-12-11-24(23-9-5-4-6-10-23)15-25(27)36-26(20)18-30(3)28(33)14-22-8-7-13-29-16-22/h7-9,11-13,15-16,20-21,26,32H,4-6,10,14,17-19H2,1-3H3/t20-,21-,26+/m0/s1. The minimum absolute atomic E-state index is 0.0691. The molecule has 1 aliphatic carbocycles. The van der Waals surface area contributed by atoms with Crippen LogP contribution in [0.25, 0.3) is 5.57 Å². The van der Waals surface area contributed by atoms with Gasteiger partial charge in [0.15, 0.2) is 0 Å². The average molecular weight is 528 g/mol. The van der Waals surface area contributed by atoms with Gasteiger partial charge in [0.25, 0.3) is 0 Å². The molecule has 3 atom stereocenters. The number of amides is 1. The Hall–Kier alpha value is -2.75. The Labute approximate surface area is 220 Å². The molecule has 0 bridgehead atoms. The number of carbonyl (C=O) groups excluding carboxylic acids is 1. The van der Waals surface area contributed by atoms with Crippen molar-refractivity contribution in [3.8, 4) is 5.75 Å². The van der Waals surface area contributed by atoms with E-state index in [0.717, 1.165) is 36.8 Å². The van der Waals surface area contributed by atoms with Crippen LogP contribution in [0.5, 0.6) is 5.75 Å². The Kier molecular flexibility index (Phi) is 8.67. The number of carbonyl (C=O) groups is 1. The molecular formula is C28H37N3O5S. The first-order chi connectivity index (χ1) is 17.7. The number of sulfonamides is 1. The lowest BCUT2D eigenvalue weighted by molar-refractivity contribution is -0.130. The number of hydrogen-bond donors (Lipinski definition) is 1. The van der Waals surface area contributed by atoms with E-state index in [2.05, 4.69) is 11.1 Å². The number of aliphatic hydroxyl groups excluding tert-OH is 1. The Morgan fingerprint density at radius 1 is 1.30 bits per heavy atom. The molecule has 1 N–H and O–H groups in total. The smallest absolute Gasteiger partial charge is 0.247 e. The normalized spacial score (nSPS) is 22.5. The van der Waals surface area contributed by atoms with Gasteiger partial charge in [0.1, 0.15) is 16.7 Å². The molecule has 2 heterocycles. The first kappa shape index (κ1) is 27.3. The van der Waals surface area contributed by atoms with E-state index in [-0.39, 0.29) is 36.3 Å². The van der Waals surface area contributed by atoms with Gasteiger partial charge in [0.2, 0.25) is 15.9 Å². The molecule has 200 valence electrons. The van der Waals surface area contributed by atoms with Gasteiger partial charge in [-0.2, -0.15) is 4.31 Å². The van der Waals surface area contributed by atoms with Crippen molar-refractivity contribution in [2.45, 2.75) is 63.0 Å². The number of ether oxygens (including phenoxy) is 1. The first-order valence-corrected chi connectivity index (χ1v) is 14.4. The number of rotatable bonds is 7. The molecule has 8 nitrogen and oxygen atoms in total. The van der Waals surface area contributed by atoms with Gasteiger partial charge in [0, 0.05) is 37.9 Å². The van der Waals surface area contributed by atoms with Crippen molar-refractivity contribution in [3.05, 3.63) is 59.9 Å². The third-order valence-electron chi connectivity index (χ3n) is 7.29. The van der Waals surface area contributed by atoms with E-state index in [9.17, 15) is 18.3 Å². The summed E-state index contributed by atoms with van der Waals surface area (Å²) in [6.45, 7) is 3.81. The number of nitrogens with zero attached hydrogens (tertiary/aromatic N) is 3.